The first-order chi connectivity index (χ1) is 11.5. The molecule has 3 rings (SSSR count). The summed E-state index contributed by atoms with van der Waals surface area (Å²) in [5.74, 6) is -1.20. The van der Waals surface area contributed by atoms with Gasteiger partial charge in [0, 0.05) is 29.8 Å². The molecule has 1 heterocycles. The molecule has 0 aromatic heterocycles. The fraction of sp³-hybridized carbons (Fsp3) is 0.158. The Morgan fingerprint density at radius 1 is 1.17 bits per heavy atom. The smallest absolute Gasteiger partial charge is 0.253 e. The number of anilines is 1. The van der Waals surface area contributed by atoms with E-state index in [-0.39, 0.29) is 24.1 Å². The fourth-order valence-corrected chi connectivity index (χ4v) is 2.74. The second-order valence-electron chi connectivity index (χ2n) is 5.74. The third-order valence-corrected chi connectivity index (χ3v) is 4.08. The first-order valence-corrected chi connectivity index (χ1v) is 7.66. The molecule has 2 aromatic rings. The molecule has 4 nitrogen and oxygen atoms in total. The van der Waals surface area contributed by atoms with Crippen molar-refractivity contribution < 1.29 is 14.0 Å². The number of para-hydroxylation sites is 1. The van der Waals surface area contributed by atoms with Gasteiger partial charge in [0.1, 0.15) is 5.82 Å². The number of aryl methyl sites for hydroxylation is 1. The quantitative estimate of drug-likeness (QED) is 0.910. The van der Waals surface area contributed by atoms with Crippen LogP contribution in [0.1, 0.15) is 23.5 Å². The van der Waals surface area contributed by atoms with Crippen LogP contribution in [0.3, 0.4) is 0 Å². The molecule has 1 aliphatic heterocycles. The van der Waals surface area contributed by atoms with Gasteiger partial charge in [-0.05, 0) is 36.2 Å². The van der Waals surface area contributed by atoms with E-state index < -0.39 is 5.92 Å². The maximum absolute atomic E-state index is 13.1. The van der Waals surface area contributed by atoms with Crippen molar-refractivity contribution in [3.8, 4) is 0 Å². The lowest BCUT2D eigenvalue weighted by Crippen LogP contribution is -2.32. The van der Waals surface area contributed by atoms with Crippen LogP contribution in [0.15, 0.2) is 60.3 Å². The summed E-state index contributed by atoms with van der Waals surface area (Å²) >= 11 is 0. The number of benzene rings is 2. The van der Waals surface area contributed by atoms with Crippen molar-refractivity contribution in [3.63, 3.8) is 0 Å². The van der Waals surface area contributed by atoms with Crippen molar-refractivity contribution in [2.75, 3.05) is 5.32 Å². The van der Waals surface area contributed by atoms with E-state index in [4.69, 9.17) is 0 Å². The topological polar surface area (TPSA) is 58.2 Å². The zero-order valence-electron chi connectivity index (χ0n) is 13.2. The van der Waals surface area contributed by atoms with Gasteiger partial charge in [-0.1, -0.05) is 30.3 Å². The van der Waals surface area contributed by atoms with Gasteiger partial charge < -0.3 is 10.6 Å². The van der Waals surface area contributed by atoms with Gasteiger partial charge in [0.25, 0.3) is 5.91 Å². The molecule has 2 N–H and O–H groups in total. The number of carbonyl (C=O) groups is 2. The van der Waals surface area contributed by atoms with Gasteiger partial charge in [-0.15, -0.1) is 0 Å². The van der Waals surface area contributed by atoms with Crippen LogP contribution in [-0.4, -0.2) is 11.8 Å². The van der Waals surface area contributed by atoms with Gasteiger partial charge in [-0.25, -0.2) is 4.39 Å². The highest BCUT2D eigenvalue weighted by atomic mass is 19.1. The Kier molecular flexibility index (Phi) is 4.42. The van der Waals surface area contributed by atoms with E-state index in [0.717, 1.165) is 16.8 Å². The van der Waals surface area contributed by atoms with Crippen LogP contribution in [0, 0.1) is 12.7 Å². The van der Waals surface area contributed by atoms with Crippen molar-refractivity contribution in [1.82, 2.24) is 5.32 Å². The summed E-state index contributed by atoms with van der Waals surface area (Å²) in [6, 6.07) is 13.3. The summed E-state index contributed by atoms with van der Waals surface area (Å²) in [5.41, 5.74) is 2.85. The summed E-state index contributed by atoms with van der Waals surface area (Å²) in [4.78, 5) is 24.4. The standard InChI is InChI=1S/C19H17FN2O2/c1-12-4-2-3-5-17(12)22-19(24)16-11-21-18(23)10-15(16)13-6-8-14(20)9-7-13/h2-9,11,15H,10H2,1H3,(H,21,23)(H,22,24)/t15-/m0/s1. The van der Waals surface area contributed by atoms with E-state index in [0.29, 0.717) is 5.57 Å². The summed E-state index contributed by atoms with van der Waals surface area (Å²) in [6.45, 7) is 1.91. The number of hydrogen-bond donors (Lipinski definition) is 2. The Morgan fingerprint density at radius 3 is 2.58 bits per heavy atom. The predicted molar refractivity (Wildman–Crippen MR) is 89.8 cm³/mol. The molecule has 5 heteroatoms. The summed E-state index contributed by atoms with van der Waals surface area (Å²) < 4.78 is 13.1. The molecule has 2 amide bonds. The van der Waals surface area contributed by atoms with Crippen LogP contribution in [0.2, 0.25) is 0 Å². The predicted octanol–water partition coefficient (Wildman–Crippen LogP) is 3.26. The second-order valence-corrected chi connectivity index (χ2v) is 5.74. The average molecular weight is 324 g/mol. The van der Waals surface area contributed by atoms with Crippen LogP contribution >= 0.6 is 0 Å². The first kappa shape index (κ1) is 15.9. The van der Waals surface area contributed by atoms with E-state index in [9.17, 15) is 14.0 Å². The zero-order valence-corrected chi connectivity index (χ0v) is 13.2. The normalized spacial score (nSPS) is 17.0. The van der Waals surface area contributed by atoms with Crippen molar-refractivity contribution in [1.29, 1.82) is 0 Å². The maximum atomic E-state index is 13.1. The van der Waals surface area contributed by atoms with Crippen LogP contribution < -0.4 is 10.6 Å². The Bertz CT molecular complexity index is 812. The monoisotopic (exact) mass is 324 g/mol. The Morgan fingerprint density at radius 2 is 1.88 bits per heavy atom. The lowest BCUT2D eigenvalue weighted by Gasteiger charge is -2.24. The highest BCUT2D eigenvalue weighted by molar-refractivity contribution is 6.06. The molecule has 0 bridgehead atoms. The number of rotatable bonds is 3. The second kappa shape index (κ2) is 6.66. The molecule has 0 fully saturated rings. The highest BCUT2D eigenvalue weighted by Crippen LogP contribution is 2.31. The molecule has 0 aliphatic carbocycles. The summed E-state index contributed by atoms with van der Waals surface area (Å²) in [6.07, 6.45) is 1.59. The molecule has 1 aliphatic rings. The van der Waals surface area contributed by atoms with Crippen molar-refractivity contribution in [3.05, 3.63) is 77.2 Å². The van der Waals surface area contributed by atoms with E-state index in [1.54, 1.807) is 12.1 Å². The highest BCUT2D eigenvalue weighted by Gasteiger charge is 2.29. The number of hydrogen-bond acceptors (Lipinski definition) is 2. The molecule has 0 unspecified atom stereocenters. The fourth-order valence-electron chi connectivity index (χ4n) is 2.74. The SMILES string of the molecule is Cc1ccccc1NC(=O)C1=CNC(=O)C[C@H]1c1ccc(F)cc1. The summed E-state index contributed by atoms with van der Waals surface area (Å²) in [5, 5.41) is 5.46. The van der Waals surface area contributed by atoms with Crippen LogP contribution in [-0.2, 0) is 9.59 Å². The number of halogens is 1. The van der Waals surface area contributed by atoms with Crippen LogP contribution in [0.5, 0.6) is 0 Å². The lowest BCUT2D eigenvalue weighted by molar-refractivity contribution is -0.121. The molecule has 1 atom stereocenters. The molecule has 2 aromatic carbocycles. The molecular weight excluding hydrogens is 307 g/mol. The molecule has 122 valence electrons. The zero-order chi connectivity index (χ0) is 17.1. The largest absolute Gasteiger partial charge is 0.332 e. The van der Waals surface area contributed by atoms with Crippen molar-refractivity contribution in [2.45, 2.75) is 19.3 Å². The molecule has 24 heavy (non-hydrogen) atoms. The average Bonchev–Trinajstić information content (AvgIpc) is 2.57. The maximum Gasteiger partial charge on any atom is 0.253 e. The molecule has 0 spiro atoms. The molecule has 0 radical (unpaired) electrons. The minimum atomic E-state index is -0.400. The van der Waals surface area contributed by atoms with Gasteiger partial charge in [0.05, 0.1) is 0 Å². The van der Waals surface area contributed by atoms with Gasteiger partial charge in [0.15, 0.2) is 0 Å². The van der Waals surface area contributed by atoms with Crippen molar-refractivity contribution in [2.24, 2.45) is 0 Å². The lowest BCUT2D eigenvalue weighted by atomic mass is 9.86. The molecule has 0 saturated heterocycles. The Hall–Kier alpha value is -2.95. The van der Waals surface area contributed by atoms with Gasteiger partial charge in [-0.2, -0.15) is 0 Å². The van der Waals surface area contributed by atoms with Crippen LogP contribution in [0.4, 0.5) is 10.1 Å². The number of carbonyl (C=O) groups excluding carboxylic acids is 2. The molecular formula is C19H17FN2O2. The molecule has 0 saturated carbocycles. The Labute approximate surface area is 139 Å². The van der Waals surface area contributed by atoms with E-state index >= 15 is 0 Å². The summed E-state index contributed by atoms with van der Waals surface area (Å²) in [7, 11) is 0. The first-order valence-electron chi connectivity index (χ1n) is 7.66. The van der Waals surface area contributed by atoms with E-state index in [1.807, 2.05) is 31.2 Å². The third-order valence-electron chi connectivity index (χ3n) is 4.08. The van der Waals surface area contributed by atoms with Gasteiger partial charge >= 0.3 is 0 Å². The number of amides is 2. The minimum Gasteiger partial charge on any atom is -0.332 e. The van der Waals surface area contributed by atoms with Gasteiger partial charge in [0.2, 0.25) is 5.91 Å². The van der Waals surface area contributed by atoms with Gasteiger partial charge in [-0.3, -0.25) is 9.59 Å². The minimum absolute atomic E-state index is 0.151. The van der Waals surface area contributed by atoms with Crippen molar-refractivity contribution >= 4 is 17.5 Å². The van der Waals surface area contributed by atoms with E-state index in [1.165, 1.54) is 18.3 Å². The Balaban J connectivity index is 1.88. The van der Waals surface area contributed by atoms with E-state index in [2.05, 4.69) is 10.6 Å². The third kappa shape index (κ3) is 3.35. The van der Waals surface area contributed by atoms with Crippen LogP contribution in [0.25, 0.3) is 0 Å². The number of nitrogens with one attached hydrogen (secondary N) is 2.